The van der Waals surface area contributed by atoms with Gasteiger partial charge in [0.05, 0.1) is 24.8 Å². The predicted octanol–water partition coefficient (Wildman–Crippen LogP) is 5.36. The molecule has 0 aliphatic heterocycles. The van der Waals surface area contributed by atoms with E-state index in [4.69, 9.17) is 14.2 Å². The van der Waals surface area contributed by atoms with Gasteiger partial charge in [-0.15, -0.1) is 0 Å². The number of halogens is 1. The highest BCUT2D eigenvalue weighted by Gasteiger charge is 2.11. The molecular formula is C22H28BrNO4. The molecule has 0 aliphatic rings. The molecule has 0 saturated heterocycles. The molecule has 2 aromatic carbocycles. The van der Waals surface area contributed by atoms with Crippen molar-refractivity contribution in [1.82, 2.24) is 5.32 Å². The molecule has 0 heterocycles. The second kappa shape index (κ2) is 11.6. The fourth-order valence-corrected chi connectivity index (χ4v) is 3.02. The summed E-state index contributed by atoms with van der Waals surface area (Å²) in [4.78, 5) is 12.5. The van der Waals surface area contributed by atoms with Gasteiger partial charge in [-0.05, 0) is 64.7 Å². The lowest BCUT2D eigenvalue weighted by molar-refractivity contribution is 0.0950. The molecule has 5 nitrogen and oxygen atoms in total. The van der Waals surface area contributed by atoms with Crippen LogP contribution < -0.4 is 19.5 Å². The van der Waals surface area contributed by atoms with Gasteiger partial charge in [0.2, 0.25) is 0 Å². The number of rotatable bonds is 11. The first-order chi connectivity index (χ1) is 13.6. The van der Waals surface area contributed by atoms with E-state index in [1.807, 2.05) is 18.2 Å². The molecule has 0 unspecified atom stereocenters. The maximum absolute atomic E-state index is 12.5. The van der Waals surface area contributed by atoms with Gasteiger partial charge in [-0.25, -0.2) is 0 Å². The van der Waals surface area contributed by atoms with E-state index >= 15 is 0 Å². The average molecular weight is 450 g/mol. The SMILES string of the molecule is CCCCOc1ccc(CNC(=O)c2ccc(OCCC)c(Br)c2)cc1OC. The zero-order chi connectivity index (χ0) is 20.4. The fraction of sp³-hybridized carbons (Fsp3) is 0.409. The van der Waals surface area contributed by atoms with Crippen LogP contribution in [0.3, 0.4) is 0 Å². The average Bonchev–Trinajstić information content (AvgIpc) is 2.71. The van der Waals surface area contributed by atoms with E-state index in [1.165, 1.54) is 0 Å². The topological polar surface area (TPSA) is 56.8 Å². The van der Waals surface area contributed by atoms with E-state index in [9.17, 15) is 4.79 Å². The quantitative estimate of drug-likeness (QED) is 0.469. The Bertz CT molecular complexity index is 779. The molecule has 0 atom stereocenters. The molecule has 152 valence electrons. The molecular weight excluding hydrogens is 422 g/mol. The van der Waals surface area contributed by atoms with Gasteiger partial charge < -0.3 is 19.5 Å². The number of methoxy groups -OCH3 is 1. The van der Waals surface area contributed by atoms with Crippen LogP contribution in [0, 0.1) is 0 Å². The summed E-state index contributed by atoms with van der Waals surface area (Å²) in [6, 6.07) is 11.0. The zero-order valence-electron chi connectivity index (χ0n) is 16.7. The first-order valence-corrected chi connectivity index (χ1v) is 10.4. The second-order valence-electron chi connectivity index (χ2n) is 6.36. The number of hydrogen-bond donors (Lipinski definition) is 1. The molecule has 1 amide bonds. The Morgan fingerprint density at radius 2 is 1.71 bits per heavy atom. The van der Waals surface area contributed by atoms with E-state index in [0.717, 1.165) is 40.8 Å². The molecule has 0 radical (unpaired) electrons. The van der Waals surface area contributed by atoms with E-state index in [1.54, 1.807) is 25.3 Å². The van der Waals surface area contributed by atoms with Crippen molar-refractivity contribution in [2.24, 2.45) is 0 Å². The lowest BCUT2D eigenvalue weighted by Gasteiger charge is -2.13. The molecule has 2 aromatic rings. The van der Waals surface area contributed by atoms with Gasteiger partial charge in [0.25, 0.3) is 5.91 Å². The van der Waals surface area contributed by atoms with Crippen LogP contribution in [0.15, 0.2) is 40.9 Å². The fourth-order valence-electron chi connectivity index (χ4n) is 2.52. The summed E-state index contributed by atoms with van der Waals surface area (Å²) in [6.45, 7) is 5.88. The van der Waals surface area contributed by atoms with E-state index in [0.29, 0.717) is 31.1 Å². The summed E-state index contributed by atoms with van der Waals surface area (Å²) in [6.07, 6.45) is 3.01. The molecule has 6 heteroatoms. The van der Waals surface area contributed by atoms with Crippen molar-refractivity contribution in [2.75, 3.05) is 20.3 Å². The molecule has 0 saturated carbocycles. The first kappa shape index (κ1) is 22.1. The normalized spacial score (nSPS) is 10.4. The molecule has 0 aromatic heterocycles. The van der Waals surface area contributed by atoms with Crippen molar-refractivity contribution in [3.63, 3.8) is 0 Å². The number of amides is 1. The summed E-state index contributed by atoms with van der Waals surface area (Å²) in [5.41, 5.74) is 1.51. The molecule has 0 aliphatic carbocycles. The van der Waals surface area contributed by atoms with Gasteiger partial charge in [0.1, 0.15) is 5.75 Å². The third-order valence-electron chi connectivity index (χ3n) is 4.09. The van der Waals surface area contributed by atoms with Crippen LogP contribution >= 0.6 is 15.9 Å². The third kappa shape index (κ3) is 6.44. The van der Waals surface area contributed by atoms with Gasteiger partial charge in [0, 0.05) is 12.1 Å². The Morgan fingerprint density at radius 1 is 0.964 bits per heavy atom. The molecule has 2 rings (SSSR count). The summed E-state index contributed by atoms with van der Waals surface area (Å²) < 4.78 is 17.5. The summed E-state index contributed by atoms with van der Waals surface area (Å²) >= 11 is 3.46. The van der Waals surface area contributed by atoms with Crippen LogP contribution in [0.2, 0.25) is 0 Å². The minimum absolute atomic E-state index is 0.148. The molecule has 0 fully saturated rings. The predicted molar refractivity (Wildman–Crippen MR) is 114 cm³/mol. The Balaban J connectivity index is 1.97. The number of nitrogens with one attached hydrogen (secondary N) is 1. The number of carbonyl (C=O) groups excluding carboxylic acids is 1. The molecule has 28 heavy (non-hydrogen) atoms. The van der Waals surface area contributed by atoms with Gasteiger partial charge in [0.15, 0.2) is 11.5 Å². The summed E-state index contributed by atoms with van der Waals surface area (Å²) in [7, 11) is 1.62. The lowest BCUT2D eigenvalue weighted by atomic mass is 10.1. The monoisotopic (exact) mass is 449 g/mol. The highest BCUT2D eigenvalue weighted by Crippen LogP contribution is 2.29. The minimum atomic E-state index is -0.148. The van der Waals surface area contributed by atoms with Crippen molar-refractivity contribution in [3.05, 3.63) is 52.0 Å². The maximum atomic E-state index is 12.5. The Kier molecular flexibility index (Phi) is 9.14. The Morgan fingerprint density at radius 3 is 2.39 bits per heavy atom. The van der Waals surface area contributed by atoms with Crippen LogP contribution in [0.4, 0.5) is 0 Å². The lowest BCUT2D eigenvalue weighted by Crippen LogP contribution is -2.22. The van der Waals surface area contributed by atoms with Crippen molar-refractivity contribution >= 4 is 21.8 Å². The number of ether oxygens (including phenoxy) is 3. The standard InChI is InChI=1S/C22H28BrNO4/c1-4-6-12-28-20-9-7-16(13-21(20)26-3)15-24-22(25)17-8-10-19(18(23)14-17)27-11-5-2/h7-10,13-14H,4-6,11-12,15H2,1-3H3,(H,24,25). The van der Waals surface area contributed by atoms with Crippen LogP contribution in [0.25, 0.3) is 0 Å². The largest absolute Gasteiger partial charge is 0.493 e. The Hall–Kier alpha value is -2.21. The maximum Gasteiger partial charge on any atom is 0.251 e. The highest BCUT2D eigenvalue weighted by atomic mass is 79.9. The smallest absolute Gasteiger partial charge is 0.251 e. The van der Waals surface area contributed by atoms with Gasteiger partial charge >= 0.3 is 0 Å². The first-order valence-electron chi connectivity index (χ1n) is 9.59. The van der Waals surface area contributed by atoms with Gasteiger partial charge in [-0.2, -0.15) is 0 Å². The second-order valence-corrected chi connectivity index (χ2v) is 7.22. The third-order valence-corrected chi connectivity index (χ3v) is 4.71. The zero-order valence-corrected chi connectivity index (χ0v) is 18.3. The molecule has 0 bridgehead atoms. The van der Waals surface area contributed by atoms with E-state index < -0.39 is 0 Å². The Labute approximate surface area is 175 Å². The summed E-state index contributed by atoms with van der Waals surface area (Å²) in [5, 5.41) is 2.93. The van der Waals surface area contributed by atoms with E-state index in [2.05, 4.69) is 35.1 Å². The van der Waals surface area contributed by atoms with E-state index in [-0.39, 0.29) is 5.91 Å². The van der Waals surface area contributed by atoms with Crippen molar-refractivity contribution in [1.29, 1.82) is 0 Å². The highest BCUT2D eigenvalue weighted by molar-refractivity contribution is 9.10. The molecule has 1 N–H and O–H groups in total. The van der Waals surface area contributed by atoms with Crippen LogP contribution in [0.5, 0.6) is 17.2 Å². The molecule has 0 spiro atoms. The van der Waals surface area contributed by atoms with Crippen LogP contribution in [-0.4, -0.2) is 26.2 Å². The number of carbonyl (C=O) groups is 1. The van der Waals surface area contributed by atoms with Crippen molar-refractivity contribution in [3.8, 4) is 17.2 Å². The summed E-state index contributed by atoms with van der Waals surface area (Å²) in [5.74, 6) is 1.98. The van der Waals surface area contributed by atoms with Gasteiger partial charge in [-0.1, -0.05) is 26.3 Å². The number of hydrogen-bond acceptors (Lipinski definition) is 4. The number of unbranched alkanes of at least 4 members (excludes halogenated alkanes) is 1. The van der Waals surface area contributed by atoms with Crippen LogP contribution in [-0.2, 0) is 6.54 Å². The van der Waals surface area contributed by atoms with Gasteiger partial charge in [-0.3, -0.25) is 4.79 Å². The number of benzene rings is 2. The van der Waals surface area contributed by atoms with Crippen LogP contribution in [0.1, 0.15) is 49.0 Å². The van der Waals surface area contributed by atoms with Crippen molar-refractivity contribution in [2.45, 2.75) is 39.7 Å². The minimum Gasteiger partial charge on any atom is -0.493 e. The van der Waals surface area contributed by atoms with Crippen molar-refractivity contribution < 1.29 is 19.0 Å².